The van der Waals surface area contributed by atoms with Gasteiger partial charge in [0, 0.05) is 6.61 Å². The number of esters is 1. The second kappa shape index (κ2) is 6.97. The molecule has 0 heterocycles. The summed E-state index contributed by atoms with van der Waals surface area (Å²) in [5.74, 6) is -0.193. The van der Waals surface area contributed by atoms with Crippen molar-refractivity contribution in [1.82, 2.24) is 4.90 Å². The molecule has 1 aliphatic carbocycles. The molecule has 0 N–H and O–H groups in total. The standard InChI is InChI=1S/C13H25NO3/c1-14(2)10-7-11-17-13(12(15)16-3)8-5-4-6-9-13/h4-11H2,1-3H3. The molecule has 0 atom stereocenters. The zero-order valence-corrected chi connectivity index (χ0v) is 11.3. The largest absolute Gasteiger partial charge is 0.467 e. The van der Waals surface area contributed by atoms with Crippen LogP contribution in [0.25, 0.3) is 0 Å². The van der Waals surface area contributed by atoms with Gasteiger partial charge in [-0.05, 0) is 52.7 Å². The van der Waals surface area contributed by atoms with Crippen LogP contribution in [0.2, 0.25) is 0 Å². The highest BCUT2D eigenvalue weighted by atomic mass is 16.6. The summed E-state index contributed by atoms with van der Waals surface area (Å²) in [7, 11) is 5.52. The van der Waals surface area contributed by atoms with Crippen molar-refractivity contribution in [2.45, 2.75) is 44.1 Å². The molecule has 0 radical (unpaired) electrons. The van der Waals surface area contributed by atoms with Crippen LogP contribution in [0.15, 0.2) is 0 Å². The molecule has 0 saturated heterocycles. The summed E-state index contributed by atoms with van der Waals surface area (Å²) in [6.07, 6.45) is 5.88. The van der Waals surface area contributed by atoms with Crippen molar-refractivity contribution in [2.75, 3.05) is 34.4 Å². The van der Waals surface area contributed by atoms with Gasteiger partial charge < -0.3 is 14.4 Å². The van der Waals surface area contributed by atoms with Gasteiger partial charge in [0.1, 0.15) is 0 Å². The van der Waals surface area contributed by atoms with E-state index < -0.39 is 5.60 Å². The van der Waals surface area contributed by atoms with E-state index in [1.54, 1.807) is 0 Å². The SMILES string of the molecule is COC(=O)C1(OCCCN(C)C)CCCCC1. The van der Waals surface area contributed by atoms with Gasteiger partial charge in [-0.15, -0.1) is 0 Å². The molecule has 0 unspecified atom stereocenters. The smallest absolute Gasteiger partial charge is 0.338 e. The van der Waals surface area contributed by atoms with Crippen molar-refractivity contribution in [1.29, 1.82) is 0 Å². The van der Waals surface area contributed by atoms with Gasteiger partial charge in [0.25, 0.3) is 0 Å². The predicted molar refractivity (Wildman–Crippen MR) is 67.0 cm³/mol. The second-order valence-corrected chi connectivity index (χ2v) is 5.05. The molecular formula is C13H25NO3. The highest BCUT2D eigenvalue weighted by Gasteiger charge is 2.41. The normalized spacial score (nSPS) is 19.3. The zero-order chi connectivity index (χ0) is 12.7. The monoisotopic (exact) mass is 243 g/mol. The molecule has 100 valence electrons. The van der Waals surface area contributed by atoms with Crippen LogP contribution in [0.4, 0.5) is 0 Å². The molecule has 1 aliphatic rings. The number of methoxy groups -OCH3 is 1. The Hall–Kier alpha value is -0.610. The van der Waals surface area contributed by atoms with Gasteiger partial charge in [0.15, 0.2) is 5.60 Å². The van der Waals surface area contributed by atoms with Gasteiger partial charge in [-0.3, -0.25) is 0 Å². The molecule has 0 bridgehead atoms. The molecule has 0 spiro atoms. The van der Waals surface area contributed by atoms with E-state index in [4.69, 9.17) is 9.47 Å². The fourth-order valence-electron chi connectivity index (χ4n) is 2.36. The van der Waals surface area contributed by atoms with Crippen molar-refractivity contribution in [3.63, 3.8) is 0 Å². The fraction of sp³-hybridized carbons (Fsp3) is 0.923. The molecule has 1 fully saturated rings. The summed E-state index contributed by atoms with van der Waals surface area (Å²) >= 11 is 0. The fourth-order valence-corrected chi connectivity index (χ4v) is 2.36. The maximum absolute atomic E-state index is 11.9. The average Bonchev–Trinajstić information content (AvgIpc) is 2.34. The van der Waals surface area contributed by atoms with Crippen LogP contribution in [0.1, 0.15) is 38.5 Å². The molecule has 4 heteroatoms. The van der Waals surface area contributed by atoms with E-state index in [1.165, 1.54) is 13.5 Å². The quantitative estimate of drug-likeness (QED) is 0.527. The van der Waals surface area contributed by atoms with Gasteiger partial charge in [-0.25, -0.2) is 4.79 Å². The topological polar surface area (TPSA) is 38.8 Å². The van der Waals surface area contributed by atoms with E-state index >= 15 is 0 Å². The first kappa shape index (κ1) is 14.5. The lowest BCUT2D eigenvalue weighted by Gasteiger charge is -2.34. The minimum Gasteiger partial charge on any atom is -0.467 e. The van der Waals surface area contributed by atoms with Crippen molar-refractivity contribution >= 4 is 5.97 Å². The second-order valence-electron chi connectivity index (χ2n) is 5.05. The molecule has 0 aromatic rings. The summed E-state index contributed by atoms with van der Waals surface area (Å²) in [5.41, 5.74) is -0.653. The third-order valence-corrected chi connectivity index (χ3v) is 3.35. The Bertz CT molecular complexity index is 235. The first-order chi connectivity index (χ1) is 8.10. The van der Waals surface area contributed by atoms with Crippen molar-refractivity contribution in [3.05, 3.63) is 0 Å². The van der Waals surface area contributed by atoms with E-state index in [0.717, 1.165) is 38.6 Å². The number of ether oxygens (including phenoxy) is 2. The number of hydrogen-bond acceptors (Lipinski definition) is 4. The van der Waals surface area contributed by atoms with Crippen LogP contribution >= 0.6 is 0 Å². The number of hydrogen-bond donors (Lipinski definition) is 0. The number of carbonyl (C=O) groups is 1. The number of rotatable bonds is 6. The van der Waals surface area contributed by atoms with Crippen molar-refractivity contribution in [3.8, 4) is 0 Å². The van der Waals surface area contributed by atoms with Crippen LogP contribution in [0.3, 0.4) is 0 Å². The molecule has 0 aromatic heterocycles. The van der Waals surface area contributed by atoms with E-state index in [2.05, 4.69) is 4.90 Å². The minimum atomic E-state index is -0.653. The maximum Gasteiger partial charge on any atom is 0.338 e. The molecule has 0 aromatic carbocycles. The van der Waals surface area contributed by atoms with Crippen molar-refractivity contribution in [2.24, 2.45) is 0 Å². The molecule has 17 heavy (non-hydrogen) atoms. The Balaban J connectivity index is 2.43. The van der Waals surface area contributed by atoms with Gasteiger partial charge >= 0.3 is 5.97 Å². The zero-order valence-electron chi connectivity index (χ0n) is 11.3. The first-order valence-electron chi connectivity index (χ1n) is 6.48. The van der Waals surface area contributed by atoms with E-state index in [9.17, 15) is 4.79 Å². The molecule has 0 aliphatic heterocycles. The van der Waals surface area contributed by atoms with E-state index in [-0.39, 0.29) is 5.97 Å². The summed E-state index contributed by atoms with van der Waals surface area (Å²) < 4.78 is 10.8. The van der Waals surface area contributed by atoms with Crippen molar-refractivity contribution < 1.29 is 14.3 Å². The summed E-state index contributed by atoms with van der Waals surface area (Å²) in [6.45, 7) is 1.62. The Morgan fingerprint density at radius 1 is 1.24 bits per heavy atom. The molecule has 1 rings (SSSR count). The highest BCUT2D eigenvalue weighted by molar-refractivity contribution is 5.79. The number of carbonyl (C=O) groups excluding carboxylic acids is 1. The van der Waals surface area contributed by atoms with E-state index in [0.29, 0.717) is 6.61 Å². The van der Waals surface area contributed by atoms with Gasteiger partial charge in [0.2, 0.25) is 0 Å². The Labute approximate surface area is 104 Å². The highest BCUT2D eigenvalue weighted by Crippen LogP contribution is 2.32. The summed E-state index contributed by atoms with van der Waals surface area (Å²) in [4.78, 5) is 14.0. The predicted octanol–water partition coefficient (Wildman–Crippen LogP) is 1.83. The Kier molecular flexibility index (Phi) is 5.92. The third kappa shape index (κ3) is 4.28. The molecule has 1 saturated carbocycles. The minimum absolute atomic E-state index is 0.193. The van der Waals surface area contributed by atoms with Crippen LogP contribution in [0, 0.1) is 0 Å². The Morgan fingerprint density at radius 2 is 1.88 bits per heavy atom. The van der Waals surface area contributed by atoms with Crippen LogP contribution in [-0.2, 0) is 14.3 Å². The summed E-state index contributed by atoms with van der Waals surface area (Å²) in [6, 6.07) is 0. The van der Waals surface area contributed by atoms with Gasteiger partial charge in [0.05, 0.1) is 7.11 Å². The van der Waals surface area contributed by atoms with Crippen LogP contribution in [-0.4, -0.2) is 50.8 Å². The molecule has 0 amide bonds. The summed E-state index contributed by atoms with van der Waals surface area (Å²) in [5, 5.41) is 0. The van der Waals surface area contributed by atoms with Crippen LogP contribution in [0.5, 0.6) is 0 Å². The lowest BCUT2D eigenvalue weighted by Crippen LogP contribution is -2.44. The average molecular weight is 243 g/mol. The number of nitrogens with zero attached hydrogens (tertiary/aromatic N) is 1. The van der Waals surface area contributed by atoms with Crippen LogP contribution < -0.4 is 0 Å². The van der Waals surface area contributed by atoms with E-state index in [1.807, 2.05) is 14.1 Å². The lowest BCUT2D eigenvalue weighted by molar-refractivity contribution is -0.174. The van der Waals surface area contributed by atoms with Gasteiger partial charge in [-0.2, -0.15) is 0 Å². The Morgan fingerprint density at radius 3 is 2.41 bits per heavy atom. The first-order valence-corrected chi connectivity index (χ1v) is 6.48. The van der Waals surface area contributed by atoms with Gasteiger partial charge in [-0.1, -0.05) is 6.42 Å². The third-order valence-electron chi connectivity index (χ3n) is 3.35. The molecule has 4 nitrogen and oxygen atoms in total. The maximum atomic E-state index is 11.9. The lowest BCUT2D eigenvalue weighted by atomic mass is 9.84. The molecular weight excluding hydrogens is 218 g/mol.